The van der Waals surface area contributed by atoms with Gasteiger partial charge in [-0.3, -0.25) is 0 Å². The first-order chi connectivity index (χ1) is 8.75. The second-order valence-electron chi connectivity index (χ2n) is 4.22. The van der Waals surface area contributed by atoms with Gasteiger partial charge in [-0.05, 0) is 17.8 Å². The molecule has 1 aromatic carbocycles. The van der Waals surface area contributed by atoms with E-state index in [1.807, 2.05) is 30.3 Å². The van der Waals surface area contributed by atoms with Crippen LogP contribution >= 0.6 is 12.2 Å². The number of rotatable bonds is 1. The number of benzene rings is 1. The summed E-state index contributed by atoms with van der Waals surface area (Å²) in [6.07, 6.45) is 0.687. The van der Waals surface area contributed by atoms with Crippen molar-refractivity contribution in [1.29, 1.82) is 0 Å². The van der Waals surface area contributed by atoms with E-state index in [2.05, 4.69) is 10.6 Å². The number of carbonyl (C=O) groups is 1. The molecule has 0 fully saturated rings. The first kappa shape index (κ1) is 11.2. The van der Waals surface area contributed by atoms with Gasteiger partial charge in [-0.15, -0.1) is 0 Å². The standard InChI is InChI=1S/C13H12N2O2S/c16-12-10-9(6-7-17-12)14-13(18)15-11(10)8-4-2-1-3-5-8/h1-5,11H,6-7H2,(H2,14,15,18). The fourth-order valence-corrected chi connectivity index (χ4v) is 2.52. The fraction of sp³-hybridized carbons (Fsp3) is 0.231. The lowest BCUT2D eigenvalue weighted by Gasteiger charge is -2.33. The molecule has 2 heterocycles. The van der Waals surface area contributed by atoms with Crippen molar-refractivity contribution in [2.45, 2.75) is 12.5 Å². The molecule has 2 N–H and O–H groups in total. The van der Waals surface area contributed by atoms with Crippen LogP contribution in [0.1, 0.15) is 18.0 Å². The van der Waals surface area contributed by atoms with Gasteiger partial charge in [-0.1, -0.05) is 30.3 Å². The van der Waals surface area contributed by atoms with Crippen molar-refractivity contribution < 1.29 is 9.53 Å². The lowest BCUT2D eigenvalue weighted by Crippen LogP contribution is -2.47. The van der Waals surface area contributed by atoms with E-state index in [9.17, 15) is 4.79 Å². The van der Waals surface area contributed by atoms with E-state index >= 15 is 0 Å². The first-order valence-corrected chi connectivity index (χ1v) is 6.19. The van der Waals surface area contributed by atoms with Crippen LogP contribution in [-0.2, 0) is 9.53 Å². The molecule has 1 unspecified atom stereocenters. The average Bonchev–Trinajstić information content (AvgIpc) is 2.39. The highest BCUT2D eigenvalue weighted by Gasteiger charge is 2.34. The highest BCUT2D eigenvalue weighted by molar-refractivity contribution is 7.80. The third kappa shape index (κ3) is 1.86. The highest BCUT2D eigenvalue weighted by Crippen LogP contribution is 2.30. The zero-order chi connectivity index (χ0) is 12.5. The largest absolute Gasteiger partial charge is 0.462 e. The molecule has 1 aromatic rings. The van der Waals surface area contributed by atoms with Gasteiger partial charge in [0.05, 0.1) is 18.2 Å². The van der Waals surface area contributed by atoms with Gasteiger partial charge in [0, 0.05) is 12.1 Å². The van der Waals surface area contributed by atoms with Crippen LogP contribution in [0.15, 0.2) is 41.6 Å². The molecule has 0 amide bonds. The summed E-state index contributed by atoms with van der Waals surface area (Å²) < 4.78 is 5.11. The Morgan fingerprint density at radius 3 is 2.83 bits per heavy atom. The summed E-state index contributed by atoms with van der Waals surface area (Å²) in [4.78, 5) is 11.9. The molecule has 5 heteroatoms. The summed E-state index contributed by atoms with van der Waals surface area (Å²) in [6.45, 7) is 0.411. The molecule has 3 rings (SSSR count). The van der Waals surface area contributed by atoms with E-state index in [4.69, 9.17) is 17.0 Å². The average molecular weight is 260 g/mol. The number of hydrogen-bond donors (Lipinski definition) is 2. The molecule has 0 bridgehead atoms. The van der Waals surface area contributed by atoms with Crippen LogP contribution in [0.5, 0.6) is 0 Å². The van der Waals surface area contributed by atoms with Crippen molar-refractivity contribution in [2.75, 3.05) is 6.61 Å². The van der Waals surface area contributed by atoms with Crippen molar-refractivity contribution in [3.8, 4) is 0 Å². The van der Waals surface area contributed by atoms with Gasteiger partial charge in [0.25, 0.3) is 0 Å². The van der Waals surface area contributed by atoms with Crippen LogP contribution in [0.4, 0.5) is 0 Å². The summed E-state index contributed by atoms with van der Waals surface area (Å²) >= 11 is 5.18. The maximum Gasteiger partial charge on any atom is 0.338 e. The maximum atomic E-state index is 11.9. The Balaban J connectivity index is 2.07. The molecular weight excluding hydrogens is 248 g/mol. The van der Waals surface area contributed by atoms with Crippen molar-refractivity contribution in [3.63, 3.8) is 0 Å². The Bertz CT molecular complexity index is 539. The molecular formula is C13H12N2O2S. The molecule has 0 saturated carbocycles. The normalized spacial score (nSPS) is 22.8. The van der Waals surface area contributed by atoms with Gasteiger partial charge in [-0.25, -0.2) is 4.79 Å². The molecule has 92 valence electrons. The lowest BCUT2D eigenvalue weighted by molar-refractivity contribution is -0.140. The third-order valence-corrected chi connectivity index (χ3v) is 3.31. The number of ether oxygens (including phenoxy) is 1. The number of cyclic esters (lactones) is 1. The molecule has 1 atom stereocenters. The summed E-state index contributed by atoms with van der Waals surface area (Å²) in [5, 5.41) is 6.72. The van der Waals surface area contributed by atoms with Crippen molar-refractivity contribution in [2.24, 2.45) is 0 Å². The van der Waals surface area contributed by atoms with E-state index in [1.54, 1.807) is 0 Å². The Hall–Kier alpha value is -1.88. The predicted molar refractivity (Wildman–Crippen MR) is 70.7 cm³/mol. The minimum absolute atomic E-state index is 0.220. The van der Waals surface area contributed by atoms with E-state index < -0.39 is 0 Å². The third-order valence-electron chi connectivity index (χ3n) is 3.09. The van der Waals surface area contributed by atoms with Crippen molar-refractivity contribution in [1.82, 2.24) is 10.6 Å². The Morgan fingerprint density at radius 1 is 1.28 bits per heavy atom. The number of thiocarbonyl (C=S) groups is 1. The van der Waals surface area contributed by atoms with Crippen LogP contribution in [-0.4, -0.2) is 17.7 Å². The number of nitrogens with one attached hydrogen (secondary N) is 2. The van der Waals surface area contributed by atoms with E-state index in [0.717, 1.165) is 11.3 Å². The molecule has 0 aliphatic carbocycles. The fourth-order valence-electron chi connectivity index (χ4n) is 2.28. The number of esters is 1. The summed E-state index contributed by atoms with van der Waals surface area (Å²) in [5.41, 5.74) is 2.53. The Kier molecular flexibility index (Phi) is 2.76. The minimum Gasteiger partial charge on any atom is -0.462 e. The lowest BCUT2D eigenvalue weighted by atomic mass is 9.93. The molecule has 0 spiro atoms. The maximum absolute atomic E-state index is 11.9. The Morgan fingerprint density at radius 2 is 2.06 bits per heavy atom. The van der Waals surface area contributed by atoms with Crippen LogP contribution in [0.25, 0.3) is 0 Å². The monoisotopic (exact) mass is 260 g/mol. The molecule has 0 saturated heterocycles. The molecule has 2 aliphatic rings. The quantitative estimate of drug-likeness (QED) is 0.590. The topological polar surface area (TPSA) is 50.4 Å². The summed E-state index contributed by atoms with van der Waals surface area (Å²) in [5.74, 6) is -0.271. The molecule has 4 nitrogen and oxygen atoms in total. The molecule has 2 aliphatic heterocycles. The van der Waals surface area contributed by atoms with Gasteiger partial charge in [0.1, 0.15) is 0 Å². The van der Waals surface area contributed by atoms with Crippen LogP contribution in [0, 0.1) is 0 Å². The molecule has 18 heavy (non-hydrogen) atoms. The van der Waals surface area contributed by atoms with Crippen molar-refractivity contribution in [3.05, 3.63) is 47.2 Å². The van der Waals surface area contributed by atoms with E-state index in [1.165, 1.54) is 0 Å². The Labute approximate surface area is 110 Å². The second kappa shape index (κ2) is 4.42. The van der Waals surface area contributed by atoms with Gasteiger partial charge in [0.2, 0.25) is 0 Å². The summed E-state index contributed by atoms with van der Waals surface area (Å²) in [7, 11) is 0. The highest BCUT2D eigenvalue weighted by atomic mass is 32.1. The van der Waals surface area contributed by atoms with Crippen LogP contribution < -0.4 is 10.6 Å². The predicted octanol–water partition coefficient (Wildman–Crippen LogP) is 1.41. The second-order valence-corrected chi connectivity index (χ2v) is 4.63. The van der Waals surface area contributed by atoms with Gasteiger partial charge < -0.3 is 15.4 Å². The minimum atomic E-state index is -0.271. The smallest absolute Gasteiger partial charge is 0.338 e. The van der Waals surface area contributed by atoms with Gasteiger partial charge >= 0.3 is 5.97 Å². The molecule has 0 aromatic heterocycles. The van der Waals surface area contributed by atoms with E-state index in [-0.39, 0.29) is 12.0 Å². The van der Waals surface area contributed by atoms with Gasteiger partial charge in [0.15, 0.2) is 5.11 Å². The number of hydrogen-bond acceptors (Lipinski definition) is 3. The first-order valence-electron chi connectivity index (χ1n) is 5.78. The van der Waals surface area contributed by atoms with Crippen LogP contribution in [0.3, 0.4) is 0 Å². The SMILES string of the molecule is O=C1OCCC2=C1C(c1ccccc1)NC(=S)N2. The van der Waals surface area contributed by atoms with Crippen LogP contribution in [0.2, 0.25) is 0 Å². The zero-order valence-corrected chi connectivity index (χ0v) is 10.4. The number of carbonyl (C=O) groups excluding carboxylic acids is 1. The molecule has 0 radical (unpaired) electrons. The zero-order valence-electron chi connectivity index (χ0n) is 9.60. The van der Waals surface area contributed by atoms with E-state index in [0.29, 0.717) is 23.7 Å². The van der Waals surface area contributed by atoms with Crippen molar-refractivity contribution >= 4 is 23.3 Å². The van der Waals surface area contributed by atoms with Gasteiger partial charge in [-0.2, -0.15) is 0 Å². The summed E-state index contributed by atoms with van der Waals surface area (Å²) in [6, 6.07) is 9.54.